The van der Waals surface area contributed by atoms with E-state index in [0.29, 0.717) is 0 Å². The maximum atomic E-state index is 9.97. The summed E-state index contributed by atoms with van der Waals surface area (Å²) in [4.78, 5) is 11.1. The standard InChI is InChI=1S/C24H25NO4/c1-13(2)22-27-23(24(3,4)29-28-22)25-20-11-10-17-15-9-8-14(26)12-19(15)16-6-5-7-18(20)21(16)17/h5-13,22-23,25-26H,1-4H3. The molecule has 150 valence electrons. The molecule has 5 heteroatoms. The van der Waals surface area contributed by atoms with E-state index < -0.39 is 11.9 Å². The minimum absolute atomic E-state index is 0.172. The summed E-state index contributed by atoms with van der Waals surface area (Å²) in [5.41, 5.74) is 4.85. The third kappa shape index (κ3) is 2.89. The molecule has 5 nitrogen and oxygen atoms in total. The first-order chi connectivity index (χ1) is 13.8. The Morgan fingerprint density at radius 3 is 2.52 bits per heavy atom. The number of anilines is 1. The largest absolute Gasteiger partial charge is 0.508 e. The lowest BCUT2D eigenvalue weighted by atomic mass is 10.0. The highest BCUT2D eigenvalue weighted by Gasteiger charge is 2.41. The van der Waals surface area contributed by atoms with Crippen LogP contribution in [0.25, 0.3) is 33.0 Å². The molecule has 2 unspecified atom stereocenters. The van der Waals surface area contributed by atoms with Gasteiger partial charge in [0, 0.05) is 17.0 Å². The van der Waals surface area contributed by atoms with E-state index in [2.05, 4.69) is 35.6 Å². The number of aromatic hydroxyl groups is 1. The van der Waals surface area contributed by atoms with Crippen molar-refractivity contribution in [1.29, 1.82) is 0 Å². The average molecular weight is 391 g/mol. The molecule has 1 heterocycles. The lowest BCUT2D eigenvalue weighted by Crippen LogP contribution is -2.54. The zero-order valence-electron chi connectivity index (χ0n) is 17.0. The number of phenols is 1. The zero-order valence-corrected chi connectivity index (χ0v) is 17.0. The van der Waals surface area contributed by atoms with Gasteiger partial charge in [0.25, 0.3) is 0 Å². The average Bonchev–Trinajstić information content (AvgIpc) is 3.00. The molecule has 1 fully saturated rings. The van der Waals surface area contributed by atoms with Crippen LogP contribution in [-0.2, 0) is 14.5 Å². The molecule has 1 aliphatic carbocycles. The normalized spacial score (nSPS) is 22.1. The van der Waals surface area contributed by atoms with Gasteiger partial charge in [-0.1, -0.05) is 44.2 Å². The van der Waals surface area contributed by atoms with Crippen LogP contribution in [-0.4, -0.2) is 23.2 Å². The molecule has 5 rings (SSSR count). The number of nitrogens with one attached hydrogen (secondary N) is 1. The van der Waals surface area contributed by atoms with Crippen LogP contribution < -0.4 is 5.32 Å². The lowest BCUT2D eigenvalue weighted by Gasteiger charge is -2.42. The Morgan fingerprint density at radius 1 is 0.966 bits per heavy atom. The maximum absolute atomic E-state index is 9.97. The van der Waals surface area contributed by atoms with Gasteiger partial charge in [0.05, 0.1) is 0 Å². The second-order valence-corrected chi connectivity index (χ2v) is 8.67. The first-order valence-corrected chi connectivity index (χ1v) is 10.0. The van der Waals surface area contributed by atoms with Crippen LogP contribution in [0.5, 0.6) is 5.75 Å². The molecule has 3 aromatic rings. The van der Waals surface area contributed by atoms with Gasteiger partial charge in [0.15, 0.2) is 12.5 Å². The Hall–Kier alpha value is -2.60. The van der Waals surface area contributed by atoms with Crippen LogP contribution in [0, 0.1) is 5.92 Å². The van der Waals surface area contributed by atoms with Gasteiger partial charge in [-0.2, -0.15) is 0 Å². The predicted octanol–water partition coefficient (Wildman–Crippen LogP) is 5.67. The molecule has 1 saturated heterocycles. The van der Waals surface area contributed by atoms with E-state index in [1.165, 1.54) is 10.9 Å². The molecule has 0 amide bonds. The zero-order chi connectivity index (χ0) is 20.3. The molecule has 0 saturated carbocycles. The summed E-state index contributed by atoms with van der Waals surface area (Å²) in [7, 11) is 0. The van der Waals surface area contributed by atoms with E-state index in [4.69, 9.17) is 14.5 Å². The van der Waals surface area contributed by atoms with Crippen LogP contribution in [0.4, 0.5) is 5.69 Å². The first kappa shape index (κ1) is 18.4. The molecule has 0 spiro atoms. The number of fused-ring (bicyclic) bond motifs is 3. The highest BCUT2D eigenvalue weighted by Crippen LogP contribution is 2.49. The lowest BCUT2D eigenvalue weighted by molar-refractivity contribution is -0.485. The molecule has 29 heavy (non-hydrogen) atoms. The Bertz CT molecular complexity index is 1110. The quantitative estimate of drug-likeness (QED) is 0.441. The van der Waals surface area contributed by atoms with Crippen molar-refractivity contribution in [3.05, 3.63) is 48.5 Å². The Morgan fingerprint density at radius 2 is 1.72 bits per heavy atom. The molecular formula is C24H25NO4. The molecule has 1 aliphatic heterocycles. The summed E-state index contributed by atoms with van der Waals surface area (Å²) in [5, 5.41) is 15.8. The summed E-state index contributed by atoms with van der Waals surface area (Å²) in [5.74, 6) is 0.450. The highest BCUT2D eigenvalue weighted by atomic mass is 17.2. The van der Waals surface area contributed by atoms with Gasteiger partial charge in [-0.15, -0.1) is 0 Å². The third-order valence-corrected chi connectivity index (χ3v) is 5.71. The van der Waals surface area contributed by atoms with E-state index in [1.54, 1.807) is 6.07 Å². The number of benzene rings is 3. The third-order valence-electron chi connectivity index (χ3n) is 5.71. The fourth-order valence-corrected chi connectivity index (χ4v) is 4.12. The molecule has 0 radical (unpaired) electrons. The Labute approximate surface area is 170 Å². The molecule has 2 N–H and O–H groups in total. The van der Waals surface area contributed by atoms with E-state index in [9.17, 15) is 5.11 Å². The van der Waals surface area contributed by atoms with Gasteiger partial charge in [0.2, 0.25) is 0 Å². The van der Waals surface area contributed by atoms with Gasteiger partial charge < -0.3 is 15.2 Å². The van der Waals surface area contributed by atoms with Crippen molar-refractivity contribution in [2.75, 3.05) is 5.32 Å². The first-order valence-electron chi connectivity index (χ1n) is 10.0. The fraction of sp³-hybridized carbons (Fsp3) is 0.333. The molecule has 0 bridgehead atoms. The summed E-state index contributed by atoms with van der Waals surface area (Å²) in [6.07, 6.45) is -0.793. The van der Waals surface area contributed by atoms with Crippen LogP contribution in [0.1, 0.15) is 27.7 Å². The second-order valence-electron chi connectivity index (χ2n) is 8.67. The monoisotopic (exact) mass is 391 g/mol. The van der Waals surface area contributed by atoms with Crippen molar-refractivity contribution in [3.8, 4) is 28.0 Å². The molecule has 2 aliphatic rings. The van der Waals surface area contributed by atoms with Gasteiger partial charge in [-0.05, 0) is 59.7 Å². The maximum Gasteiger partial charge on any atom is 0.196 e. The Balaban J connectivity index is 1.58. The van der Waals surface area contributed by atoms with E-state index in [1.807, 2.05) is 39.8 Å². The summed E-state index contributed by atoms with van der Waals surface area (Å²) >= 11 is 0. The molecule has 0 aromatic heterocycles. The van der Waals surface area contributed by atoms with Crippen molar-refractivity contribution >= 4 is 16.5 Å². The van der Waals surface area contributed by atoms with Gasteiger partial charge in [-0.25, -0.2) is 9.78 Å². The topological polar surface area (TPSA) is 60.0 Å². The number of hydrogen-bond acceptors (Lipinski definition) is 5. The number of rotatable bonds is 3. The smallest absolute Gasteiger partial charge is 0.196 e. The summed E-state index contributed by atoms with van der Waals surface area (Å²) in [6, 6.07) is 16.0. The number of hydrogen-bond donors (Lipinski definition) is 2. The molecule has 2 atom stereocenters. The van der Waals surface area contributed by atoms with Crippen molar-refractivity contribution in [3.63, 3.8) is 0 Å². The predicted molar refractivity (Wildman–Crippen MR) is 113 cm³/mol. The summed E-state index contributed by atoms with van der Waals surface area (Å²) in [6.45, 7) is 7.96. The van der Waals surface area contributed by atoms with Crippen LogP contribution >= 0.6 is 0 Å². The van der Waals surface area contributed by atoms with Gasteiger partial charge in [-0.3, -0.25) is 0 Å². The minimum atomic E-state index is -0.650. The second kappa shape index (κ2) is 6.46. The van der Waals surface area contributed by atoms with Crippen molar-refractivity contribution in [2.45, 2.75) is 45.8 Å². The minimum Gasteiger partial charge on any atom is -0.508 e. The van der Waals surface area contributed by atoms with Crippen LogP contribution in [0.15, 0.2) is 48.5 Å². The van der Waals surface area contributed by atoms with Gasteiger partial charge in [0.1, 0.15) is 11.4 Å². The number of ether oxygens (including phenoxy) is 1. The Kier molecular flexibility index (Phi) is 4.10. The van der Waals surface area contributed by atoms with Crippen LogP contribution in [0.3, 0.4) is 0 Å². The van der Waals surface area contributed by atoms with Crippen molar-refractivity contribution < 1.29 is 19.6 Å². The summed E-state index contributed by atoms with van der Waals surface area (Å²) < 4.78 is 6.18. The van der Waals surface area contributed by atoms with Crippen LogP contribution in [0.2, 0.25) is 0 Å². The molecule has 3 aromatic carbocycles. The fourth-order valence-electron chi connectivity index (χ4n) is 4.12. The van der Waals surface area contributed by atoms with E-state index in [0.717, 1.165) is 27.8 Å². The highest BCUT2D eigenvalue weighted by molar-refractivity contribution is 6.18. The van der Waals surface area contributed by atoms with E-state index >= 15 is 0 Å². The van der Waals surface area contributed by atoms with Crippen molar-refractivity contribution in [2.24, 2.45) is 5.92 Å². The SMILES string of the molecule is CC(C)C1OOC(C)(C)C(Nc2ccc3c4c(cccc24)-c2cc(O)ccc2-3)O1. The van der Waals surface area contributed by atoms with Crippen molar-refractivity contribution in [1.82, 2.24) is 0 Å². The molecular weight excluding hydrogens is 366 g/mol. The number of phenolic OH excluding ortho intramolecular Hbond substituents is 1. The van der Waals surface area contributed by atoms with E-state index in [-0.39, 0.29) is 17.9 Å². The van der Waals surface area contributed by atoms with Gasteiger partial charge >= 0.3 is 0 Å².